The second kappa shape index (κ2) is 7.17. The van der Waals surface area contributed by atoms with Crippen LogP contribution in [0.4, 0.5) is 0 Å². The highest BCUT2D eigenvalue weighted by Crippen LogP contribution is 2.18. The monoisotopic (exact) mass is 282 g/mol. The van der Waals surface area contributed by atoms with Crippen molar-refractivity contribution in [2.24, 2.45) is 5.92 Å². The van der Waals surface area contributed by atoms with Crippen LogP contribution in [0.5, 0.6) is 0 Å². The summed E-state index contributed by atoms with van der Waals surface area (Å²) in [7, 11) is 0. The van der Waals surface area contributed by atoms with Gasteiger partial charge in [0.1, 0.15) is 13.1 Å². The van der Waals surface area contributed by atoms with Gasteiger partial charge in [0.25, 0.3) is 0 Å². The molecule has 0 aromatic rings. The molecule has 1 saturated heterocycles. The molecule has 20 heavy (non-hydrogen) atoms. The van der Waals surface area contributed by atoms with E-state index in [1.165, 1.54) is 6.92 Å². The van der Waals surface area contributed by atoms with Crippen molar-refractivity contribution < 1.29 is 19.2 Å². The van der Waals surface area contributed by atoms with E-state index >= 15 is 0 Å². The van der Waals surface area contributed by atoms with Crippen molar-refractivity contribution in [3.05, 3.63) is 0 Å². The molecule has 0 bridgehead atoms. The Kier molecular flexibility index (Phi) is 5.85. The van der Waals surface area contributed by atoms with Gasteiger partial charge in [0.05, 0.1) is 0 Å². The van der Waals surface area contributed by atoms with Crippen LogP contribution in [-0.2, 0) is 19.2 Å². The number of amides is 4. The maximum atomic E-state index is 12.3. The molecule has 0 aromatic heterocycles. The minimum absolute atomic E-state index is 0.226. The first-order valence-corrected chi connectivity index (χ1v) is 7.07. The third-order valence-electron chi connectivity index (χ3n) is 3.58. The lowest BCUT2D eigenvalue weighted by Gasteiger charge is -2.32. The Labute approximate surface area is 119 Å². The summed E-state index contributed by atoms with van der Waals surface area (Å²) in [6.07, 6.45) is 3.27. The Bertz CT molecular complexity index is 419. The highest BCUT2D eigenvalue weighted by molar-refractivity contribution is 6.08. The van der Waals surface area contributed by atoms with Crippen LogP contribution in [0.25, 0.3) is 0 Å². The first-order chi connectivity index (χ1) is 9.42. The Hall–Kier alpha value is -1.72. The van der Waals surface area contributed by atoms with Crippen LogP contribution in [0, 0.1) is 5.92 Å². The van der Waals surface area contributed by atoms with Crippen LogP contribution >= 0.6 is 0 Å². The Balaban J connectivity index is 2.76. The second-order valence-corrected chi connectivity index (χ2v) is 5.06. The Morgan fingerprint density at radius 1 is 1.10 bits per heavy atom. The molecule has 1 unspecified atom stereocenters. The van der Waals surface area contributed by atoms with Crippen LogP contribution in [0.2, 0.25) is 0 Å². The molecule has 0 saturated carbocycles. The van der Waals surface area contributed by atoms with Crippen LogP contribution in [-0.4, -0.2) is 46.5 Å². The lowest BCUT2D eigenvalue weighted by molar-refractivity contribution is -0.163. The van der Waals surface area contributed by atoms with E-state index in [9.17, 15) is 19.2 Å². The van der Waals surface area contributed by atoms with Crippen LogP contribution in [0.15, 0.2) is 0 Å². The van der Waals surface area contributed by atoms with Crippen molar-refractivity contribution in [1.82, 2.24) is 9.80 Å². The van der Waals surface area contributed by atoms with Gasteiger partial charge in [-0.3, -0.25) is 29.0 Å². The van der Waals surface area contributed by atoms with E-state index < -0.39 is 17.7 Å². The number of imide groups is 2. The molecule has 1 aliphatic heterocycles. The van der Waals surface area contributed by atoms with E-state index in [2.05, 4.69) is 0 Å². The summed E-state index contributed by atoms with van der Waals surface area (Å²) < 4.78 is 0. The fraction of sp³-hybridized carbons (Fsp3) is 0.714. The number of piperazine rings is 1. The molecule has 0 aromatic carbocycles. The van der Waals surface area contributed by atoms with Gasteiger partial charge in [0, 0.05) is 12.8 Å². The number of nitrogens with zero attached hydrogens (tertiary/aromatic N) is 2. The molecule has 0 radical (unpaired) electrons. The summed E-state index contributed by atoms with van der Waals surface area (Å²) in [6, 6.07) is 0. The van der Waals surface area contributed by atoms with Crippen molar-refractivity contribution in [2.45, 2.75) is 46.5 Å². The van der Waals surface area contributed by atoms with Crippen molar-refractivity contribution in [1.29, 1.82) is 0 Å². The molecule has 1 aliphatic rings. The number of carbonyl (C=O) groups is 4. The Morgan fingerprint density at radius 3 is 2.15 bits per heavy atom. The van der Waals surface area contributed by atoms with Crippen molar-refractivity contribution in [2.75, 3.05) is 13.1 Å². The molecular formula is C14H22N2O4. The molecule has 0 spiro atoms. The lowest BCUT2D eigenvalue weighted by Crippen LogP contribution is -2.57. The van der Waals surface area contributed by atoms with Gasteiger partial charge < -0.3 is 0 Å². The van der Waals surface area contributed by atoms with Crippen molar-refractivity contribution in [3.8, 4) is 0 Å². The van der Waals surface area contributed by atoms with Crippen LogP contribution < -0.4 is 0 Å². The highest BCUT2D eigenvalue weighted by Gasteiger charge is 2.37. The average Bonchev–Trinajstić information content (AvgIpc) is 2.41. The zero-order chi connectivity index (χ0) is 15.3. The number of hydrogen-bond acceptors (Lipinski definition) is 4. The van der Waals surface area contributed by atoms with E-state index in [4.69, 9.17) is 0 Å². The molecule has 6 heteroatoms. The molecule has 1 rings (SSSR count). The molecule has 1 fully saturated rings. The summed E-state index contributed by atoms with van der Waals surface area (Å²) in [4.78, 5) is 49.2. The predicted octanol–water partition coefficient (Wildman–Crippen LogP) is 0.947. The number of unbranched alkanes of at least 4 members (excludes halogenated alkanes) is 1. The van der Waals surface area contributed by atoms with Gasteiger partial charge >= 0.3 is 0 Å². The first kappa shape index (κ1) is 16.3. The summed E-state index contributed by atoms with van der Waals surface area (Å²) in [6.45, 7) is 4.52. The fourth-order valence-electron chi connectivity index (χ4n) is 2.28. The summed E-state index contributed by atoms with van der Waals surface area (Å²) in [5.74, 6) is -1.94. The molecular weight excluding hydrogens is 260 g/mol. The first-order valence-electron chi connectivity index (χ1n) is 7.07. The van der Waals surface area contributed by atoms with Gasteiger partial charge in [-0.15, -0.1) is 0 Å². The molecule has 6 nitrogen and oxygen atoms in total. The zero-order valence-corrected chi connectivity index (χ0v) is 12.3. The standard InChI is InChI=1S/C14H22N2O4/c1-4-6-7-11(5-2)14(20)16-9-12(18)15(10(3)17)8-13(16)19/h11H,4-9H2,1-3H3. The van der Waals surface area contributed by atoms with Crippen molar-refractivity contribution in [3.63, 3.8) is 0 Å². The third-order valence-corrected chi connectivity index (χ3v) is 3.58. The van der Waals surface area contributed by atoms with Gasteiger partial charge in [-0.05, 0) is 12.8 Å². The Morgan fingerprint density at radius 2 is 1.65 bits per heavy atom. The minimum Gasteiger partial charge on any atom is -0.275 e. The fourth-order valence-corrected chi connectivity index (χ4v) is 2.28. The van der Waals surface area contributed by atoms with Gasteiger partial charge in [-0.25, -0.2) is 0 Å². The lowest BCUT2D eigenvalue weighted by atomic mass is 9.97. The molecule has 1 heterocycles. The van der Waals surface area contributed by atoms with E-state index in [1.807, 2.05) is 13.8 Å². The maximum absolute atomic E-state index is 12.3. The zero-order valence-electron chi connectivity index (χ0n) is 12.3. The largest absolute Gasteiger partial charge is 0.275 e. The normalized spacial score (nSPS) is 17.4. The minimum atomic E-state index is -0.490. The van der Waals surface area contributed by atoms with Gasteiger partial charge in [0.15, 0.2) is 0 Å². The third kappa shape index (κ3) is 3.65. The summed E-state index contributed by atoms with van der Waals surface area (Å²) >= 11 is 0. The van der Waals surface area contributed by atoms with Crippen LogP contribution in [0.3, 0.4) is 0 Å². The van der Waals surface area contributed by atoms with E-state index in [0.29, 0.717) is 6.42 Å². The van der Waals surface area contributed by atoms with Crippen LogP contribution in [0.1, 0.15) is 46.5 Å². The topological polar surface area (TPSA) is 74.8 Å². The molecule has 0 aliphatic carbocycles. The summed E-state index contributed by atoms with van der Waals surface area (Å²) in [5.41, 5.74) is 0. The summed E-state index contributed by atoms with van der Waals surface area (Å²) in [5, 5.41) is 0. The number of hydrogen-bond donors (Lipinski definition) is 0. The quantitative estimate of drug-likeness (QED) is 0.752. The van der Waals surface area contributed by atoms with Gasteiger partial charge in [-0.2, -0.15) is 0 Å². The van der Waals surface area contributed by atoms with E-state index in [0.717, 1.165) is 29.1 Å². The number of rotatable bonds is 5. The second-order valence-electron chi connectivity index (χ2n) is 5.06. The van der Waals surface area contributed by atoms with Gasteiger partial charge in [0.2, 0.25) is 23.6 Å². The molecule has 0 N–H and O–H groups in total. The van der Waals surface area contributed by atoms with E-state index in [1.54, 1.807) is 0 Å². The van der Waals surface area contributed by atoms with Crippen molar-refractivity contribution >= 4 is 23.6 Å². The smallest absolute Gasteiger partial charge is 0.249 e. The van der Waals surface area contributed by atoms with E-state index in [-0.39, 0.29) is 24.9 Å². The molecule has 4 amide bonds. The molecule has 1 atom stereocenters. The SMILES string of the molecule is CCCCC(CC)C(=O)N1CC(=O)N(C(C)=O)CC1=O. The number of carbonyl (C=O) groups excluding carboxylic acids is 4. The molecule has 112 valence electrons. The average molecular weight is 282 g/mol. The maximum Gasteiger partial charge on any atom is 0.249 e. The van der Waals surface area contributed by atoms with Gasteiger partial charge in [-0.1, -0.05) is 26.7 Å². The highest BCUT2D eigenvalue weighted by atomic mass is 16.2. The predicted molar refractivity (Wildman–Crippen MR) is 72.4 cm³/mol.